The molecule has 104 valence electrons. The van der Waals surface area contributed by atoms with E-state index in [1.54, 1.807) is 7.11 Å². The number of hydrogen-bond donors (Lipinski definition) is 2. The lowest BCUT2D eigenvalue weighted by Gasteiger charge is -2.12. The minimum absolute atomic E-state index is 0.00802. The van der Waals surface area contributed by atoms with Crippen LogP contribution in [0, 0.1) is 13.8 Å². The Bertz CT molecular complexity index is 459. The lowest BCUT2D eigenvalue weighted by atomic mass is 10.1. The largest absolute Gasteiger partial charge is 0.496 e. The second-order valence-electron chi connectivity index (χ2n) is 4.44. The topological polar surface area (TPSA) is 75.6 Å². The monoisotopic (exact) mass is 265 g/mol. The summed E-state index contributed by atoms with van der Waals surface area (Å²) in [5.74, 6) is -0.252. The number of hydrogen-bond acceptors (Lipinski definition) is 3. The van der Waals surface area contributed by atoms with Crippen LogP contribution in [-0.4, -0.2) is 24.1 Å². The van der Waals surface area contributed by atoms with Gasteiger partial charge in [0.25, 0.3) is 0 Å². The standard InChI is InChI=1S/C14H19NO4/c1-9-7-11(8-10(2)14(9)19-3)15-12(16)5-4-6-13(17)18/h7-8H,4-6H2,1-3H3,(H,15,16)(H,17,18). The van der Waals surface area contributed by atoms with Gasteiger partial charge >= 0.3 is 5.97 Å². The summed E-state index contributed by atoms with van der Waals surface area (Å²) in [7, 11) is 1.61. The fourth-order valence-corrected chi connectivity index (χ4v) is 1.97. The molecular weight excluding hydrogens is 246 g/mol. The van der Waals surface area contributed by atoms with Gasteiger partial charge in [0.1, 0.15) is 5.75 Å². The summed E-state index contributed by atoms with van der Waals surface area (Å²) in [5.41, 5.74) is 2.60. The molecular formula is C14H19NO4. The van der Waals surface area contributed by atoms with Crippen LogP contribution in [0.3, 0.4) is 0 Å². The molecule has 1 rings (SSSR count). The first-order valence-corrected chi connectivity index (χ1v) is 6.11. The Kier molecular flexibility index (Phi) is 5.36. The highest BCUT2D eigenvalue weighted by molar-refractivity contribution is 5.91. The summed E-state index contributed by atoms with van der Waals surface area (Å²) in [5, 5.41) is 11.3. The predicted octanol–water partition coefficient (Wildman–Crippen LogP) is 2.51. The number of anilines is 1. The first-order chi connectivity index (χ1) is 8.93. The molecule has 0 atom stereocenters. The number of amides is 1. The van der Waals surface area contributed by atoms with Gasteiger partial charge in [-0.15, -0.1) is 0 Å². The molecule has 0 aliphatic carbocycles. The molecule has 2 N–H and O–H groups in total. The number of ether oxygens (including phenoxy) is 1. The van der Waals surface area contributed by atoms with Crippen LogP contribution in [0.4, 0.5) is 5.69 Å². The van der Waals surface area contributed by atoms with E-state index in [2.05, 4.69) is 5.32 Å². The number of carboxylic acid groups (broad SMARTS) is 1. The first kappa shape index (κ1) is 15.0. The van der Waals surface area contributed by atoms with Crippen LogP contribution in [0.25, 0.3) is 0 Å². The zero-order chi connectivity index (χ0) is 14.4. The molecule has 5 heteroatoms. The number of benzene rings is 1. The van der Waals surface area contributed by atoms with Gasteiger partial charge in [0.15, 0.2) is 0 Å². The second-order valence-corrected chi connectivity index (χ2v) is 4.44. The summed E-state index contributed by atoms with van der Waals surface area (Å²) < 4.78 is 5.25. The maximum Gasteiger partial charge on any atom is 0.303 e. The molecule has 5 nitrogen and oxygen atoms in total. The molecule has 0 fully saturated rings. The molecule has 0 heterocycles. The molecule has 0 aliphatic rings. The van der Waals surface area contributed by atoms with E-state index in [4.69, 9.17) is 9.84 Å². The van der Waals surface area contributed by atoms with Crippen molar-refractivity contribution in [2.24, 2.45) is 0 Å². The van der Waals surface area contributed by atoms with Gasteiger partial charge in [-0.25, -0.2) is 0 Å². The zero-order valence-electron chi connectivity index (χ0n) is 11.4. The summed E-state index contributed by atoms with van der Waals surface area (Å²) in [6, 6.07) is 3.67. The summed E-state index contributed by atoms with van der Waals surface area (Å²) in [6.07, 6.45) is 0.555. The van der Waals surface area contributed by atoms with Crippen molar-refractivity contribution >= 4 is 17.6 Å². The smallest absolute Gasteiger partial charge is 0.303 e. The number of nitrogens with one attached hydrogen (secondary N) is 1. The predicted molar refractivity (Wildman–Crippen MR) is 72.6 cm³/mol. The van der Waals surface area contributed by atoms with E-state index in [0.717, 1.165) is 16.9 Å². The molecule has 0 spiro atoms. The van der Waals surface area contributed by atoms with Crippen molar-refractivity contribution in [2.75, 3.05) is 12.4 Å². The molecule has 1 aromatic rings. The van der Waals surface area contributed by atoms with Crippen LogP contribution in [-0.2, 0) is 9.59 Å². The van der Waals surface area contributed by atoms with E-state index in [-0.39, 0.29) is 18.7 Å². The minimum atomic E-state index is -0.885. The molecule has 0 saturated heterocycles. The van der Waals surface area contributed by atoms with Crippen molar-refractivity contribution in [3.05, 3.63) is 23.3 Å². The number of aryl methyl sites for hydroxylation is 2. The minimum Gasteiger partial charge on any atom is -0.496 e. The number of aliphatic carboxylic acids is 1. The van der Waals surface area contributed by atoms with E-state index in [9.17, 15) is 9.59 Å². The van der Waals surface area contributed by atoms with Crippen LogP contribution in [0.1, 0.15) is 30.4 Å². The van der Waals surface area contributed by atoms with Gasteiger partial charge < -0.3 is 15.2 Å². The van der Waals surface area contributed by atoms with Crippen LogP contribution < -0.4 is 10.1 Å². The molecule has 0 radical (unpaired) electrons. The number of carboxylic acids is 1. The average Bonchev–Trinajstić information content (AvgIpc) is 2.27. The Morgan fingerprint density at radius 1 is 1.21 bits per heavy atom. The Labute approximate surface area is 112 Å². The Morgan fingerprint density at radius 3 is 2.26 bits per heavy atom. The van der Waals surface area contributed by atoms with E-state index in [1.807, 2.05) is 26.0 Å². The molecule has 0 aromatic heterocycles. The Morgan fingerprint density at radius 2 is 1.79 bits per heavy atom. The van der Waals surface area contributed by atoms with Crippen molar-refractivity contribution < 1.29 is 19.4 Å². The van der Waals surface area contributed by atoms with Crippen LogP contribution in [0.2, 0.25) is 0 Å². The Hall–Kier alpha value is -2.04. The highest BCUT2D eigenvalue weighted by Crippen LogP contribution is 2.26. The lowest BCUT2D eigenvalue weighted by Crippen LogP contribution is -2.12. The SMILES string of the molecule is COc1c(C)cc(NC(=O)CCCC(=O)O)cc1C. The Balaban J connectivity index is 2.62. The van der Waals surface area contributed by atoms with Gasteiger partial charge in [-0.1, -0.05) is 0 Å². The summed E-state index contributed by atoms with van der Waals surface area (Å²) >= 11 is 0. The van der Waals surface area contributed by atoms with Crippen molar-refractivity contribution in [2.45, 2.75) is 33.1 Å². The number of carbonyl (C=O) groups is 2. The number of methoxy groups -OCH3 is 1. The molecule has 0 bridgehead atoms. The molecule has 1 aromatic carbocycles. The van der Waals surface area contributed by atoms with Gasteiger partial charge in [0.2, 0.25) is 5.91 Å². The fraction of sp³-hybridized carbons (Fsp3) is 0.429. The van der Waals surface area contributed by atoms with Crippen LogP contribution in [0.5, 0.6) is 5.75 Å². The summed E-state index contributed by atoms with van der Waals surface area (Å²) in [6.45, 7) is 3.82. The van der Waals surface area contributed by atoms with E-state index in [0.29, 0.717) is 12.1 Å². The first-order valence-electron chi connectivity index (χ1n) is 6.11. The number of carbonyl (C=O) groups excluding carboxylic acids is 1. The van der Waals surface area contributed by atoms with Crippen molar-refractivity contribution in [1.29, 1.82) is 0 Å². The highest BCUT2D eigenvalue weighted by Gasteiger charge is 2.08. The molecule has 19 heavy (non-hydrogen) atoms. The maximum atomic E-state index is 11.6. The third-order valence-corrected chi connectivity index (χ3v) is 2.74. The summed E-state index contributed by atoms with van der Waals surface area (Å²) in [4.78, 5) is 22.0. The van der Waals surface area contributed by atoms with E-state index in [1.165, 1.54) is 0 Å². The van der Waals surface area contributed by atoms with Crippen molar-refractivity contribution in [3.63, 3.8) is 0 Å². The maximum absolute atomic E-state index is 11.6. The van der Waals surface area contributed by atoms with Gasteiger partial charge in [-0.05, 0) is 43.5 Å². The van der Waals surface area contributed by atoms with Gasteiger partial charge in [0, 0.05) is 18.5 Å². The van der Waals surface area contributed by atoms with E-state index < -0.39 is 5.97 Å². The molecule has 1 amide bonds. The zero-order valence-corrected chi connectivity index (χ0v) is 11.4. The fourth-order valence-electron chi connectivity index (χ4n) is 1.97. The van der Waals surface area contributed by atoms with Crippen LogP contribution in [0.15, 0.2) is 12.1 Å². The third kappa shape index (κ3) is 4.62. The second kappa shape index (κ2) is 6.78. The quantitative estimate of drug-likeness (QED) is 0.828. The lowest BCUT2D eigenvalue weighted by molar-refractivity contribution is -0.137. The highest BCUT2D eigenvalue weighted by atomic mass is 16.5. The van der Waals surface area contributed by atoms with Gasteiger partial charge in [-0.3, -0.25) is 9.59 Å². The van der Waals surface area contributed by atoms with E-state index >= 15 is 0 Å². The van der Waals surface area contributed by atoms with Crippen LogP contribution >= 0.6 is 0 Å². The van der Waals surface area contributed by atoms with Crippen molar-refractivity contribution in [1.82, 2.24) is 0 Å². The molecule has 0 saturated carbocycles. The molecule has 0 aliphatic heterocycles. The van der Waals surface area contributed by atoms with Crippen molar-refractivity contribution in [3.8, 4) is 5.75 Å². The number of rotatable bonds is 6. The third-order valence-electron chi connectivity index (χ3n) is 2.74. The molecule has 0 unspecified atom stereocenters. The van der Waals surface area contributed by atoms with Gasteiger partial charge in [-0.2, -0.15) is 0 Å². The normalized spacial score (nSPS) is 10.1. The van der Waals surface area contributed by atoms with Gasteiger partial charge in [0.05, 0.1) is 7.11 Å². The average molecular weight is 265 g/mol.